The first-order chi connectivity index (χ1) is 6.74. The molecule has 0 saturated carbocycles. The zero-order valence-electron chi connectivity index (χ0n) is 8.81. The van der Waals surface area contributed by atoms with Crippen LogP contribution in [0.15, 0.2) is 30.3 Å². The Labute approximate surface area is 85.5 Å². The van der Waals surface area contributed by atoms with Gasteiger partial charge in [-0.2, -0.15) is 0 Å². The van der Waals surface area contributed by atoms with E-state index in [1.165, 1.54) is 0 Å². The molecule has 14 heavy (non-hydrogen) atoms. The SMILES string of the molecule is CCC(O)COC(C)c1ccccc1. The Balaban J connectivity index is 2.39. The van der Waals surface area contributed by atoms with Crippen molar-refractivity contribution in [3.05, 3.63) is 35.9 Å². The van der Waals surface area contributed by atoms with Crippen LogP contribution < -0.4 is 0 Å². The van der Waals surface area contributed by atoms with Crippen molar-refractivity contribution < 1.29 is 9.84 Å². The quantitative estimate of drug-likeness (QED) is 0.780. The number of ether oxygens (including phenoxy) is 1. The number of rotatable bonds is 5. The Morgan fingerprint density at radius 1 is 1.29 bits per heavy atom. The predicted molar refractivity (Wildman–Crippen MR) is 57.1 cm³/mol. The molecule has 0 aromatic heterocycles. The molecule has 0 spiro atoms. The topological polar surface area (TPSA) is 29.5 Å². The average molecular weight is 194 g/mol. The molecule has 0 saturated heterocycles. The van der Waals surface area contributed by atoms with E-state index in [1.54, 1.807) is 0 Å². The van der Waals surface area contributed by atoms with E-state index >= 15 is 0 Å². The maximum absolute atomic E-state index is 9.33. The van der Waals surface area contributed by atoms with Gasteiger partial charge in [0.15, 0.2) is 0 Å². The molecule has 0 aliphatic carbocycles. The van der Waals surface area contributed by atoms with Crippen molar-refractivity contribution in [3.63, 3.8) is 0 Å². The van der Waals surface area contributed by atoms with Crippen LogP contribution in [-0.4, -0.2) is 17.8 Å². The summed E-state index contributed by atoms with van der Waals surface area (Å²) < 4.78 is 5.53. The molecule has 78 valence electrons. The van der Waals surface area contributed by atoms with Crippen LogP contribution in [0.2, 0.25) is 0 Å². The lowest BCUT2D eigenvalue weighted by atomic mass is 10.1. The molecule has 0 aliphatic rings. The van der Waals surface area contributed by atoms with Crippen LogP contribution in [-0.2, 0) is 4.74 Å². The number of hydrogen-bond acceptors (Lipinski definition) is 2. The van der Waals surface area contributed by atoms with Gasteiger partial charge in [-0.15, -0.1) is 0 Å². The van der Waals surface area contributed by atoms with Gasteiger partial charge in [0, 0.05) is 0 Å². The Morgan fingerprint density at radius 2 is 1.93 bits per heavy atom. The highest BCUT2D eigenvalue weighted by atomic mass is 16.5. The summed E-state index contributed by atoms with van der Waals surface area (Å²) in [7, 11) is 0. The molecule has 2 unspecified atom stereocenters. The largest absolute Gasteiger partial charge is 0.391 e. The van der Waals surface area contributed by atoms with Crippen molar-refractivity contribution in [2.75, 3.05) is 6.61 Å². The molecular formula is C12H18O2. The van der Waals surface area contributed by atoms with E-state index in [0.717, 1.165) is 12.0 Å². The maximum Gasteiger partial charge on any atom is 0.0798 e. The second kappa shape index (κ2) is 5.78. The summed E-state index contributed by atoms with van der Waals surface area (Å²) in [6.45, 7) is 4.35. The van der Waals surface area contributed by atoms with Crippen molar-refractivity contribution in [3.8, 4) is 0 Å². The number of aliphatic hydroxyl groups excluding tert-OH is 1. The van der Waals surface area contributed by atoms with Gasteiger partial charge in [0.1, 0.15) is 0 Å². The molecule has 0 amide bonds. The Hall–Kier alpha value is -0.860. The average Bonchev–Trinajstić information content (AvgIpc) is 2.26. The van der Waals surface area contributed by atoms with E-state index < -0.39 is 0 Å². The van der Waals surface area contributed by atoms with E-state index in [-0.39, 0.29) is 12.2 Å². The first kappa shape index (κ1) is 11.2. The maximum atomic E-state index is 9.33. The molecule has 0 fully saturated rings. The minimum absolute atomic E-state index is 0.0531. The van der Waals surface area contributed by atoms with Gasteiger partial charge < -0.3 is 9.84 Å². The summed E-state index contributed by atoms with van der Waals surface area (Å²) in [6, 6.07) is 10.0. The van der Waals surface area contributed by atoms with Crippen molar-refractivity contribution >= 4 is 0 Å². The Kier molecular flexibility index (Phi) is 4.63. The van der Waals surface area contributed by atoms with E-state index in [4.69, 9.17) is 4.74 Å². The lowest BCUT2D eigenvalue weighted by Crippen LogP contribution is -2.15. The van der Waals surface area contributed by atoms with Gasteiger partial charge >= 0.3 is 0 Å². The summed E-state index contributed by atoms with van der Waals surface area (Å²) in [4.78, 5) is 0. The monoisotopic (exact) mass is 194 g/mol. The van der Waals surface area contributed by atoms with Gasteiger partial charge in [0.25, 0.3) is 0 Å². The van der Waals surface area contributed by atoms with Crippen molar-refractivity contribution in [1.82, 2.24) is 0 Å². The molecule has 2 heteroatoms. The normalized spacial score (nSPS) is 15.1. The van der Waals surface area contributed by atoms with Gasteiger partial charge in [0.05, 0.1) is 18.8 Å². The lowest BCUT2D eigenvalue weighted by molar-refractivity contribution is -0.00374. The molecule has 0 bridgehead atoms. The molecule has 0 heterocycles. The molecule has 2 atom stereocenters. The van der Waals surface area contributed by atoms with Crippen LogP contribution >= 0.6 is 0 Å². The smallest absolute Gasteiger partial charge is 0.0798 e. The summed E-state index contributed by atoms with van der Waals surface area (Å²) >= 11 is 0. The standard InChI is InChI=1S/C12H18O2/c1-3-12(13)9-14-10(2)11-7-5-4-6-8-11/h4-8,10,12-13H,3,9H2,1-2H3. The third kappa shape index (κ3) is 3.48. The molecule has 2 nitrogen and oxygen atoms in total. The highest BCUT2D eigenvalue weighted by Crippen LogP contribution is 2.16. The van der Waals surface area contributed by atoms with Crippen LogP contribution in [0.5, 0.6) is 0 Å². The number of aliphatic hydroxyl groups is 1. The van der Waals surface area contributed by atoms with Crippen LogP contribution in [0.25, 0.3) is 0 Å². The van der Waals surface area contributed by atoms with E-state index in [2.05, 4.69) is 0 Å². The molecule has 1 aromatic rings. The van der Waals surface area contributed by atoms with Gasteiger partial charge in [-0.3, -0.25) is 0 Å². The second-order valence-corrected chi connectivity index (χ2v) is 3.45. The lowest BCUT2D eigenvalue weighted by Gasteiger charge is -2.15. The van der Waals surface area contributed by atoms with Gasteiger partial charge in [-0.1, -0.05) is 37.3 Å². The second-order valence-electron chi connectivity index (χ2n) is 3.45. The molecule has 1 aromatic carbocycles. The van der Waals surface area contributed by atoms with E-state index in [0.29, 0.717) is 6.61 Å². The van der Waals surface area contributed by atoms with E-state index in [1.807, 2.05) is 44.2 Å². The predicted octanol–water partition coefficient (Wildman–Crippen LogP) is 2.54. The van der Waals surface area contributed by atoms with Gasteiger partial charge in [-0.25, -0.2) is 0 Å². The van der Waals surface area contributed by atoms with Crippen LogP contribution in [0.4, 0.5) is 0 Å². The Morgan fingerprint density at radius 3 is 2.50 bits per heavy atom. The first-order valence-corrected chi connectivity index (χ1v) is 5.08. The fourth-order valence-corrected chi connectivity index (χ4v) is 1.19. The minimum Gasteiger partial charge on any atom is -0.391 e. The van der Waals surface area contributed by atoms with Crippen molar-refractivity contribution in [1.29, 1.82) is 0 Å². The number of hydrogen-bond donors (Lipinski definition) is 1. The van der Waals surface area contributed by atoms with Crippen LogP contribution in [0.1, 0.15) is 31.9 Å². The number of benzene rings is 1. The van der Waals surface area contributed by atoms with Crippen LogP contribution in [0, 0.1) is 0 Å². The third-order valence-corrected chi connectivity index (χ3v) is 2.28. The van der Waals surface area contributed by atoms with Crippen molar-refractivity contribution in [2.24, 2.45) is 0 Å². The summed E-state index contributed by atoms with van der Waals surface area (Å²) in [5.41, 5.74) is 1.15. The van der Waals surface area contributed by atoms with Crippen molar-refractivity contribution in [2.45, 2.75) is 32.5 Å². The highest BCUT2D eigenvalue weighted by molar-refractivity contribution is 5.16. The zero-order valence-corrected chi connectivity index (χ0v) is 8.81. The first-order valence-electron chi connectivity index (χ1n) is 5.08. The molecule has 0 radical (unpaired) electrons. The fraction of sp³-hybridized carbons (Fsp3) is 0.500. The van der Waals surface area contributed by atoms with Gasteiger partial charge in [0.2, 0.25) is 0 Å². The summed E-state index contributed by atoms with van der Waals surface area (Å²) in [6.07, 6.45) is 0.445. The zero-order chi connectivity index (χ0) is 10.4. The summed E-state index contributed by atoms with van der Waals surface area (Å²) in [5, 5.41) is 9.33. The Bertz CT molecular complexity index is 246. The highest BCUT2D eigenvalue weighted by Gasteiger charge is 2.07. The molecule has 0 aliphatic heterocycles. The van der Waals surface area contributed by atoms with E-state index in [9.17, 15) is 5.11 Å². The third-order valence-electron chi connectivity index (χ3n) is 2.28. The minimum atomic E-state index is -0.346. The van der Waals surface area contributed by atoms with Crippen LogP contribution in [0.3, 0.4) is 0 Å². The molecular weight excluding hydrogens is 176 g/mol. The molecule has 1 N–H and O–H groups in total. The summed E-state index contributed by atoms with van der Waals surface area (Å²) in [5.74, 6) is 0. The fourth-order valence-electron chi connectivity index (χ4n) is 1.19. The van der Waals surface area contributed by atoms with Gasteiger partial charge in [-0.05, 0) is 18.9 Å². The molecule has 1 rings (SSSR count).